The lowest BCUT2D eigenvalue weighted by Crippen LogP contribution is -2.37. The predicted molar refractivity (Wildman–Crippen MR) is 64.8 cm³/mol. The summed E-state index contributed by atoms with van der Waals surface area (Å²) in [4.78, 5) is 20.7. The van der Waals surface area contributed by atoms with Crippen LogP contribution < -0.4 is 11.2 Å². The molecule has 0 radical (unpaired) electrons. The summed E-state index contributed by atoms with van der Waals surface area (Å²) in [5.74, 6) is 0.337. The molecule has 1 aromatic rings. The van der Waals surface area contributed by atoms with Crippen molar-refractivity contribution >= 4 is 5.82 Å². The van der Waals surface area contributed by atoms with E-state index in [9.17, 15) is 15.0 Å². The first-order chi connectivity index (χ1) is 9.61. The van der Waals surface area contributed by atoms with E-state index in [-0.39, 0.29) is 0 Å². The van der Waals surface area contributed by atoms with Gasteiger partial charge in [0.15, 0.2) is 12.0 Å². The van der Waals surface area contributed by atoms with Gasteiger partial charge in [0, 0.05) is 18.2 Å². The zero-order chi connectivity index (χ0) is 14.3. The highest BCUT2D eigenvalue weighted by Gasteiger charge is 2.44. The molecule has 9 nitrogen and oxygen atoms in total. The van der Waals surface area contributed by atoms with E-state index >= 15 is 0 Å². The fourth-order valence-electron chi connectivity index (χ4n) is 2.35. The molecule has 3 rings (SSSR count). The third-order valence-corrected chi connectivity index (χ3v) is 3.46. The number of nitrogens with one attached hydrogen (secondary N) is 1. The summed E-state index contributed by atoms with van der Waals surface area (Å²) in [7, 11) is 0. The standard InChI is InChI=1S/C11H15N3O6/c15-4-6-7(16)8(17)10(20-6)14-3-5-1-2-19-13-9(5)12-11(14)18/h3,6-8,10,15-17H,1-2,4H2,(H,12,13,18). The van der Waals surface area contributed by atoms with Crippen LogP contribution in [0.2, 0.25) is 0 Å². The second kappa shape index (κ2) is 5.11. The molecular formula is C11H15N3O6. The molecule has 0 spiro atoms. The van der Waals surface area contributed by atoms with Gasteiger partial charge < -0.3 is 20.1 Å². The average Bonchev–Trinajstić information content (AvgIpc) is 2.74. The first-order valence-electron chi connectivity index (χ1n) is 6.24. The Morgan fingerprint density at radius 1 is 1.45 bits per heavy atom. The highest BCUT2D eigenvalue weighted by Crippen LogP contribution is 2.29. The number of hydrogen-bond donors (Lipinski definition) is 4. The van der Waals surface area contributed by atoms with E-state index in [1.165, 1.54) is 6.20 Å². The molecule has 9 heteroatoms. The van der Waals surface area contributed by atoms with Crippen LogP contribution in [0.25, 0.3) is 0 Å². The summed E-state index contributed by atoms with van der Waals surface area (Å²) in [5, 5.41) is 28.7. The second-order valence-corrected chi connectivity index (χ2v) is 4.73. The molecule has 1 aromatic heterocycles. The van der Waals surface area contributed by atoms with E-state index < -0.39 is 36.8 Å². The quantitative estimate of drug-likeness (QED) is 0.480. The Balaban J connectivity index is 1.96. The van der Waals surface area contributed by atoms with Gasteiger partial charge in [0.05, 0.1) is 13.2 Å². The Hall–Kier alpha value is -1.52. The molecule has 4 N–H and O–H groups in total. The minimum absolute atomic E-state index is 0.337. The first-order valence-corrected chi connectivity index (χ1v) is 6.24. The Bertz CT molecular complexity index is 562. The number of aliphatic hydroxyl groups excluding tert-OH is 3. The van der Waals surface area contributed by atoms with Crippen LogP contribution in [0.15, 0.2) is 11.0 Å². The van der Waals surface area contributed by atoms with E-state index in [0.29, 0.717) is 18.8 Å². The van der Waals surface area contributed by atoms with Gasteiger partial charge in [-0.25, -0.2) is 10.3 Å². The van der Waals surface area contributed by atoms with Crippen LogP contribution in [0.1, 0.15) is 11.8 Å². The fraction of sp³-hybridized carbons (Fsp3) is 0.636. The van der Waals surface area contributed by atoms with Crippen LogP contribution in [0, 0.1) is 0 Å². The van der Waals surface area contributed by atoms with Crippen molar-refractivity contribution in [3.63, 3.8) is 0 Å². The van der Waals surface area contributed by atoms with Gasteiger partial charge in [-0.15, -0.1) is 0 Å². The Labute approximate surface area is 113 Å². The Kier molecular flexibility index (Phi) is 3.44. The van der Waals surface area contributed by atoms with Crippen molar-refractivity contribution in [1.29, 1.82) is 0 Å². The van der Waals surface area contributed by atoms with Gasteiger partial charge in [-0.3, -0.25) is 9.40 Å². The molecule has 2 aliphatic heterocycles. The maximum Gasteiger partial charge on any atom is 0.351 e. The van der Waals surface area contributed by atoms with Crippen molar-refractivity contribution in [1.82, 2.24) is 9.55 Å². The minimum Gasteiger partial charge on any atom is -0.394 e. The minimum atomic E-state index is -1.31. The fourth-order valence-corrected chi connectivity index (χ4v) is 2.35. The van der Waals surface area contributed by atoms with Crippen molar-refractivity contribution in [2.24, 2.45) is 0 Å². The zero-order valence-corrected chi connectivity index (χ0v) is 10.5. The van der Waals surface area contributed by atoms with E-state index in [2.05, 4.69) is 10.5 Å². The molecule has 0 aromatic carbocycles. The number of ether oxygens (including phenoxy) is 1. The SMILES string of the molecule is O=c1nc2c(cn1C1OC(CO)C(O)C1O)CCON2. The number of rotatable bonds is 2. The molecule has 1 fully saturated rings. The molecule has 3 heterocycles. The molecular weight excluding hydrogens is 270 g/mol. The summed E-state index contributed by atoms with van der Waals surface area (Å²) in [6.45, 7) is -0.0138. The van der Waals surface area contributed by atoms with Crippen molar-refractivity contribution in [3.8, 4) is 0 Å². The molecule has 4 unspecified atom stereocenters. The van der Waals surface area contributed by atoms with Gasteiger partial charge in [-0.1, -0.05) is 0 Å². The third kappa shape index (κ3) is 2.09. The maximum atomic E-state index is 11.9. The van der Waals surface area contributed by atoms with Crippen LogP contribution in [0.4, 0.5) is 5.82 Å². The van der Waals surface area contributed by atoms with Crippen LogP contribution in [0.5, 0.6) is 0 Å². The molecule has 110 valence electrons. The molecule has 4 atom stereocenters. The van der Waals surface area contributed by atoms with Gasteiger partial charge in [0.2, 0.25) is 0 Å². The lowest BCUT2D eigenvalue weighted by Gasteiger charge is -2.21. The van der Waals surface area contributed by atoms with Gasteiger partial charge in [-0.05, 0) is 0 Å². The molecule has 0 aliphatic carbocycles. The number of aliphatic hydroxyl groups is 3. The van der Waals surface area contributed by atoms with E-state index in [1.807, 2.05) is 0 Å². The highest BCUT2D eigenvalue weighted by atomic mass is 16.6. The molecule has 1 saturated heterocycles. The highest BCUT2D eigenvalue weighted by molar-refractivity contribution is 5.41. The molecule has 0 amide bonds. The average molecular weight is 285 g/mol. The lowest BCUT2D eigenvalue weighted by atomic mass is 10.1. The van der Waals surface area contributed by atoms with Crippen LogP contribution >= 0.6 is 0 Å². The summed E-state index contributed by atoms with van der Waals surface area (Å²) in [6.07, 6.45) is -2.49. The van der Waals surface area contributed by atoms with Crippen LogP contribution in [0.3, 0.4) is 0 Å². The van der Waals surface area contributed by atoms with Crippen molar-refractivity contribution in [2.75, 3.05) is 18.7 Å². The van der Waals surface area contributed by atoms with Gasteiger partial charge in [0.25, 0.3) is 0 Å². The summed E-state index contributed by atoms with van der Waals surface area (Å²) < 4.78 is 6.43. The van der Waals surface area contributed by atoms with Crippen LogP contribution in [-0.2, 0) is 16.0 Å². The largest absolute Gasteiger partial charge is 0.394 e. The van der Waals surface area contributed by atoms with E-state index in [4.69, 9.17) is 14.7 Å². The van der Waals surface area contributed by atoms with Crippen molar-refractivity contribution in [2.45, 2.75) is 31.0 Å². The number of aromatic nitrogens is 2. The van der Waals surface area contributed by atoms with Gasteiger partial charge in [0.1, 0.15) is 18.3 Å². The summed E-state index contributed by atoms with van der Waals surface area (Å²) in [6, 6.07) is 0. The summed E-state index contributed by atoms with van der Waals surface area (Å²) >= 11 is 0. The number of anilines is 1. The molecule has 0 saturated carbocycles. The van der Waals surface area contributed by atoms with Gasteiger partial charge in [-0.2, -0.15) is 4.98 Å². The Morgan fingerprint density at radius 3 is 2.95 bits per heavy atom. The van der Waals surface area contributed by atoms with E-state index in [1.54, 1.807) is 0 Å². The lowest BCUT2D eigenvalue weighted by molar-refractivity contribution is -0.0551. The first kappa shape index (κ1) is 13.5. The second-order valence-electron chi connectivity index (χ2n) is 4.73. The Morgan fingerprint density at radius 2 is 2.25 bits per heavy atom. The van der Waals surface area contributed by atoms with Crippen LogP contribution in [-0.4, -0.2) is 56.4 Å². The number of fused-ring (bicyclic) bond motifs is 1. The van der Waals surface area contributed by atoms with Gasteiger partial charge >= 0.3 is 5.69 Å². The normalized spacial score (nSPS) is 32.8. The van der Waals surface area contributed by atoms with Crippen molar-refractivity contribution in [3.05, 3.63) is 22.2 Å². The van der Waals surface area contributed by atoms with Crippen molar-refractivity contribution < 1.29 is 24.9 Å². The molecule has 2 aliphatic rings. The monoisotopic (exact) mass is 285 g/mol. The van der Waals surface area contributed by atoms with E-state index in [0.717, 1.165) is 10.1 Å². The smallest absolute Gasteiger partial charge is 0.351 e. The summed E-state index contributed by atoms with van der Waals surface area (Å²) in [5.41, 5.74) is 2.65. The zero-order valence-electron chi connectivity index (χ0n) is 10.5. The predicted octanol–water partition coefficient (Wildman–Crippen LogP) is -2.25. The maximum absolute atomic E-state index is 11.9. The number of nitrogens with zero attached hydrogens (tertiary/aromatic N) is 2. The molecule has 0 bridgehead atoms. The molecule has 20 heavy (non-hydrogen) atoms. The number of hydrogen-bond acceptors (Lipinski definition) is 8. The topological polar surface area (TPSA) is 126 Å². The third-order valence-electron chi connectivity index (χ3n) is 3.46.